The van der Waals surface area contributed by atoms with Gasteiger partial charge < -0.3 is 16.0 Å². The highest BCUT2D eigenvalue weighted by Crippen LogP contribution is 2.27. The number of nitrogens with one attached hydrogen (secondary N) is 1. The minimum atomic E-state index is 0.483. The largest absolute Gasteiger partial charge is 0.370 e. The van der Waals surface area contributed by atoms with Crippen LogP contribution in [0.2, 0.25) is 0 Å². The van der Waals surface area contributed by atoms with Gasteiger partial charge in [0.05, 0.1) is 6.54 Å². The van der Waals surface area contributed by atoms with Crippen LogP contribution < -0.4 is 16.0 Å². The van der Waals surface area contributed by atoms with Gasteiger partial charge >= 0.3 is 0 Å². The zero-order chi connectivity index (χ0) is 17.8. The molecule has 0 bridgehead atoms. The fraction of sp³-hybridized carbons (Fsp3) is 0.318. The minimum absolute atomic E-state index is 0.483. The third-order valence-electron chi connectivity index (χ3n) is 5.21. The quantitative estimate of drug-likeness (QED) is 0.502. The third kappa shape index (κ3) is 3.74. The summed E-state index contributed by atoms with van der Waals surface area (Å²) >= 11 is 0. The number of anilines is 2. The first-order chi connectivity index (χ1) is 12.8. The summed E-state index contributed by atoms with van der Waals surface area (Å²) < 4.78 is 0. The molecule has 2 aromatic carbocycles. The van der Waals surface area contributed by atoms with Crippen LogP contribution in [0.15, 0.2) is 59.6 Å². The van der Waals surface area contributed by atoms with Crippen molar-refractivity contribution in [1.82, 2.24) is 0 Å². The molecule has 26 heavy (non-hydrogen) atoms. The zero-order valence-corrected chi connectivity index (χ0v) is 15.1. The maximum atomic E-state index is 6.14. The molecule has 0 unspecified atom stereocenters. The fourth-order valence-corrected chi connectivity index (χ4v) is 3.75. The molecule has 3 N–H and O–H groups in total. The van der Waals surface area contributed by atoms with Crippen LogP contribution in [0.3, 0.4) is 0 Å². The normalized spacial score (nSPS) is 16.6. The van der Waals surface area contributed by atoms with Crippen molar-refractivity contribution in [3.63, 3.8) is 0 Å². The van der Waals surface area contributed by atoms with Crippen molar-refractivity contribution in [2.24, 2.45) is 10.7 Å². The van der Waals surface area contributed by atoms with Gasteiger partial charge in [-0.25, -0.2) is 4.99 Å². The van der Waals surface area contributed by atoms with Crippen LogP contribution in [0, 0.1) is 0 Å². The summed E-state index contributed by atoms with van der Waals surface area (Å²) in [6.45, 7) is 2.58. The Morgan fingerprint density at radius 1 is 1.00 bits per heavy atom. The average Bonchev–Trinajstić information content (AvgIpc) is 3.22. The number of nitrogens with zero attached hydrogens (tertiary/aromatic N) is 2. The predicted molar refractivity (Wildman–Crippen MR) is 110 cm³/mol. The molecule has 0 radical (unpaired) electrons. The number of guanidine groups is 1. The van der Waals surface area contributed by atoms with Crippen LogP contribution in [0.25, 0.3) is 0 Å². The Hall–Kier alpha value is -2.75. The molecule has 4 nitrogen and oxygen atoms in total. The van der Waals surface area contributed by atoms with Gasteiger partial charge in [0.15, 0.2) is 5.96 Å². The molecule has 1 aliphatic carbocycles. The van der Waals surface area contributed by atoms with Gasteiger partial charge in [-0.05, 0) is 60.6 Å². The van der Waals surface area contributed by atoms with Crippen LogP contribution >= 0.6 is 0 Å². The Bertz CT molecular complexity index is 813. The number of hydrogen-bond donors (Lipinski definition) is 2. The monoisotopic (exact) mass is 346 g/mol. The summed E-state index contributed by atoms with van der Waals surface area (Å²) in [7, 11) is 0. The fourth-order valence-electron chi connectivity index (χ4n) is 3.75. The molecule has 0 atom stereocenters. The molecule has 1 aliphatic heterocycles. The van der Waals surface area contributed by atoms with E-state index >= 15 is 0 Å². The lowest BCUT2D eigenvalue weighted by Crippen LogP contribution is -2.24. The van der Waals surface area contributed by atoms with Gasteiger partial charge in [0.1, 0.15) is 0 Å². The Balaban J connectivity index is 1.39. The Labute approximate surface area is 155 Å². The van der Waals surface area contributed by atoms with Crippen molar-refractivity contribution in [3.8, 4) is 0 Å². The molecule has 0 aromatic heterocycles. The first-order valence-electron chi connectivity index (χ1n) is 9.46. The summed E-state index contributed by atoms with van der Waals surface area (Å²) in [5, 5.41) is 3.31. The number of aryl methyl sites for hydroxylation is 1. The van der Waals surface area contributed by atoms with Gasteiger partial charge in [-0.3, -0.25) is 0 Å². The second-order valence-corrected chi connectivity index (χ2v) is 7.02. The van der Waals surface area contributed by atoms with Gasteiger partial charge in [0.2, 0.25) is 0 Å². The molecule has 0 amide bonds. The highest BCUT2D eigenvalue weighted by atomic mass is 15.1. The lowest BCUT2D eigenvalue weighted by molar-refractivity contribution is 0.687. The predicted octanol–water partition coefficient (Wildman–Crippen LogP) is 3.87. The smallest absolute Gasteiger partial charge is 0.193 e. The van der Waals surface area contributed by atoms with Crippen molar-refractivity contribution >= 4 is 17.3 Å². The molecule has 0 fully saturated rings. The van der Waals surface area contributed by atoms with E-state index in [1.54, 1.807) is 0 Å². The van der Waals surface area contributed by atoms with Crippen LogP contribution in [-0.2, 0) is 19.4 Å². The van der Waals surface area contributed by atoms with E-state index in [1.165, 1.54) is 41.6 Å². The highest BCUT2D eigenvalue weighted by molar-refractivity contribution is 5.93. The molecule has 0 spiro atoms. The van der Waals surface area contributed by atoms with E-state index in [9.17, 15) is 0 Å². The SMILES string of the molecule is NC(=NCc1ccc(N2CC=CC2)cc1)Nc1cccc2c1CCCC2. The topological polar surface area (TPSA) is 53.6 Å². The van der Waals surface area contributed by atoms with E-state index in [0.29, 0.717) is 12.5 Å². The number of fused-ring (bicyclic) bond motifs is 1. The second kappa shape index (κ2) is 7.65. The maximum Gasteiger partial charge on any atom is 0.193 e. The molecule has 1 heterocycles. The van der Waals surface area contributed by atoms with Crippen LogP contribution in [0.1, 0.15) is 29.5 Å². The highest BCUT2D eigenvalue weighted by Gasteiger charge is 2.13. The molecular formula is C22H26N4. The van der Waals surface area contributed by atoms with Crippen molar-refractivity contribution < 1.29 is 0 Å². The van der Waals surface area contributed by atoms with Crippen LogP contribution in [0.4, 0.5) is 11.4 Å². The molecule has 0 saturated carbocycles. The Kier molecular flexibility index (Phi) is 4.91. The Morgan fingerprint density at radius 3 is 2.58 bits per heavy atom. The molecule has 0 saturated heterocycles. The standard InChI is InChI=1S/C22H26N4/c23-22(25-21-9-5-7-18-6-1-2-8-20(18)21)24-16-17-10-12-19(13-11-17)26-14-3-4-15-26/h3-5,7,9-13H,1-2,6,8,14-16H2,(H3,23,24,25). The second-order valence-electron chi connectivity index (χ2n) is 7.02. The van der Waals surface area contributed by atoms with E-state index in [1.807, 2.05) is 0 Å². The minimum Gasteiger partial charge on any atom is -0.370 e. The molecular weight excluding hydrogens is 320 g/mol. The van der Waals surface area contributed by atoms with Gasteiger partial charge in [-0.15, -0.1) is 0 Å². The summed E-state index contributed by atoms with van der Waals surface area (Å²) in [4.78, 5) is 6.86. The Morgan fingerprint density at radius 2 is 1.77 bits per heavy atom. The number of nitrogens with two attached hydrogens (primary N) is 1. The van der Waals surface area contributed by atoms with Crippen molar-refractivity contribution in [1.29, 1.82) is 0 Å². The van der Waals surface area contributed by atoms with Gasteiger partial charge in [0, 0.05) is 24.5 Å². The molecule has 134 valence electrons. The summed E-state index contributed by atoms with van der Waals surface area (Å²) in [6.07, 6.45) is 9.23. The number of aliphatic imine (C=N–C) groups is 1. The third-order valence-corrected chi connectivity index (χ3v) is 5.21. The van der Waals surface area contributed by atoms with Crippen LogP contribution in [0.5, 0.6) is 0 Å². The van der Waals surface area contributed by atoms with E-state index in [0.717, 1.165) is 25.2 Å². The summed E-state index contributed by atoms with van der Waals surface area (Å²) in [5.41, 5.74) is 12.5. The number of benzene rings is 2. The van der Waals surface area contributed by atoms with E-state index in [-0.39, 0.29) is 0 Å². The summed E-state index contributed by atoms with van der Waals surface area (Å²) in [5.74, 6) is 0.483. The first-order valence-corrected chi connectivity index (χ1v) is 9.46. The lowest BCUT2D eigenvalue weighted by atomic mass is 9.90. The molecule has 4 heteroatoms. The summed E-state index contributed by atoms with van der Waals surface area (Å²) in [6, 6.07) is 15.0. The molecule has 2 aliphatic rings. The molecule has 2 aromatic rings. The van der Waals surface area contributed by atoms with Crippen molar-refractivity contribution in [3.05, 3.63) is 71.3 Å². The van der Waals surface area contributed by atoms with Crippen molar-refractivity contribution in [2.75, 3.05) is 23.3 Å². The van der Waals surface area contributed by atoms with Gasteiger partial charge in [-0.1, -0.05) is 36.4 Å². The maximum absolute atomic E-state index is 6.14. The van der Waals surface area contributed by atoms with E-state index < -0.39 is 0 Å². The van der Waals surface area contributed by atoms with Crippen molar-refractivity contribution in [2.45, 2.75) is 32.2 Å². The van der Waals surface area contributed by atoms with Crippen LogP contribution in [-0.4, -0.2) is 19.0 Å². The molecule has 4 rings (SSSR count). The van der Waals surface area contributed by atoms with Gasteiger partial charge in [-0.2, -0.15) is 0 Å². The lowest BCUT2D eigenvalue weighted by Gasteiger charge is -2.20. The average molecular weight is 346 g/mol. The van der Waals surface area contributed by atoms with E-state index in [4.69, 9.17) is 5.73 Å². The first kappa shape index (κ1) is 16.7. The van der Waals surface area contributed by atoms with Gasteiger partial charge in [0.25, 0.3) is 0 Å². The number of hydrogen-bond acceptors (Lipinski definition) is 2. The zero-order valence-electron chi connectivity index (χ0n) is 15.1. The van der Waals surface area contributed by atoms with E-state index in [2.05, 4.69) is 69.8 Å². The number of rotatable bonds is 4.